The molecule has 0 saturated carbocycles. The molecule has 9 nitrogen and oxygen atoms in total. The number of aliphatic hydroxyl groups is 1. The lowest BCUT2D eigenvalue weighted by Gasteiger charge is -2.27. The van der Waals surface area contributed by atoms with Crippen LogP contribution in [0.15, 0.2) is 30.6 Å². The lowest BCUT2D eigenvalue weighted by molar-refractivity contribution is -0.121. The lowest BCUT2D eigenvalue weighted by Crippen LogP contribution is -2.37. The molecule has 0 amide bonds. The molecule has 1 aliphatic rings. The van der Waals surface area contributed by atoms with Crippen LogP contribution in [0.2, 0.25) is 0 Å². The first kappa shape index (κ1) is 23.1. The van der Waals surface area contributed by atoms with Gasteiger partial charge in [0.2, 0.25) is 5.95 Å². The van der Waals surface area contributed by atoms with Gasteiger partial charge in [0.05, 0.1) is 26.1 Å². The molecule has 33 heavy (non-hydrogen) atoms. The number of unbranched alkanes of at least 4 members (excludes halogenated alkanes) is 1. The first-order valence-electron chi connectivity index (χ1n) is 11.5. The number of imidazole rings is 1. The van der Waals surface area contributed by atoms with Crippen LogP contribution in [-0.2, 0) is 9.53 Å². The molecule has 0 unspecified atom stereocenters. The van der Waals surface area contributed by atoms with Gasteiger partial charge in [-0.15, -0.1) is 0 Å². The number of rotatable bonds is 10. The molecule has 3 heterocycles. The maximum atomic E-state index is 11.2. The second-order valence-corrected chi connectivity index (χ2v) is 8.42. The van der Waals surface area contributed by atoms with E-state index in [4.69, 9.17) is 24.5 Å². The largest absolute Gasteiger partial charge is 0.494 e. The van der Waals surface area contributed by atoms with Gasteiger partial charge in [-0.1, -0.05) is 12.1 Å². The zero-order valence-corrected chi connectivity index (χ0v) is 19.2. The van der Waals surface area contributed by atoms with Crippen molar-refractivity contribution in [2.75, 3.05) is 44.4 Å². The van der Waals surface area contributed by atoms with E-state index in [1.54, 1.807) is 0 Å². The minimum atomic E-state index is -0.394. The first-order valence-corrected chi connectivity index (χ1v) is 11.5. The molecule has 2 aromatic heterocycles. The number of hydrogen-bond acceptors (Lipinski definition) is 8. The number of aromatic nitrogens is 4. The van der Waals surface area contributed by atoms with Gasteiger partial charge in [-0.25, -0.2) is 9.97 Å². The number of benzene rings is 1. The highest BCUT2D eigenvalue weighted by Gasteiger charge is 2.21. The van der Waals surface area contributed by atoms with E-state index >= 15 is 0 Å². The second kappa shape index (κ2) is 10.7. The van der Waals surface area contributed by atoms with Gasteiger partial charge in [-0.05, 0) is 38.8 Å². The molecule has 1 aliphatic heterocycles. The Hall–Kier alpha value is -3.04. The summed E-state index contributed by atoms with van der Waals surface area (Å²) < 4.78 is 13.5. The maximum absolute atomic E-state index is 11.2. The Morgan fingerprint density at radius 2 is 2.03 bits per heavy atom. The van der Waals surface area contributed by atoms with Crippen LogP contribution in [-0.4, -0.2) is 69.9 Å². The number of aliphatic hydroxyl groups excluding tert-OH is 1. The van der Waals surface area contributed by atoms with Gasteiger partial charge in [0.1, 0.15) is 23.6 Å². The molecule has 1 saturated heterocycles. The van der Waals surface area contributed by atoms with Gasteiger partial charge in [-0.3, -0.25) is 4.79 Å². The van der Waals surface area contributed by atoms with Gasteiger partial charge < -0.3 is 24.0 Å². The highest BCUT2D eigenvalue weighted by molar-refractivity contribution is 5.88. The number of Topliss-reactive ketones (excluding diaryl/α,β-unsaturated/α-hetero) is 1. The van der Waals surface area contributed by atoms with Crippen molar-refractivity contribution in [2.45, 2.75) is 39.2 Å². The molecule has 0 spiro atoms. The minimum Gasteiger partial charge on any atom is -0.494 e. The number of anilines is 1. The zero-order chi connectivity index (χ0) is 23.2. The monoisotopic (exact) mass is 453 g/mol. The van der Waals surface area contributed by atoms with Crippen molar-refractivity contribution in [3.8, 4) is 17.0 Å². The third kappa shape index (κ3) is 5.48. The molecule has 1 aromatic carbocycles. The van der Waals surface area contributed by atoms with E-state index in [1.165, 1.54) is 0 Å². The van der Waals surface area contributed by atoms with Crippen LogP contribution < -0.4 is 9.64 Å². The van der Waals surface area contributed by atoms with Gasteiger partial charge >= 0.3 is 0 Å². The van der Waals surface area contributed by atoms with Crippen molar-refractivity contribution in [3.05, 3.63) is 30.6 Å². The average Bonchev–Trinajstić information content (AvgIpc) is 3.28. The Kier molecular flexibility index (Phi) is 7.51. The Morgan fingerprint density at radius 1 is 1.21 bits per heavy atom. The molecule has 3 aromatic rings. The molecule has 176 valence electrons. The van der Waals surface area contributed by atoms with Crippen molar-refractivity contribution >= 4 is 22.9 Å². The number of fused-ring (bicyclic) bond motifs is 1. The van der Waals surface area contributed by atoms with Crippen molar-refractivity contribution in [1.29, 1.82) is 0 Å². The number of nitrogens with zero attached hydrogens (tertiary/aromatic N) is 5. The Bertz CT molecular complexity index is 1090. The van der Waals surface area contributed by atoms with E-state index in [-0.39, 0.29) is 11.8 Å². The van der Waals surface area contributed by atoms with Crippen molar-refractivity contribution in [3.63, 3.8) is 0 Å². The van der Waals surface area contributed by atoms with Crippen LogP contribution in [0.5, 0.6) is 5.75 Å². The highest BCUT2D eigenvalue weighted by Crippen LogP contribution is 2.31. The third-order valence-electron chi connectivity index (χ3n) is 5.66. The highest BCUT2D eigenvalue weighted by atomic mass is 16.5. The van der Waals surface area contributed by atoms with Gasteiger partial charge in [0.25, 0.3) is 0 Å². The number of morpholine rings is 1. The summed E-state index contributed by atoms with van der Waals surface area (Å²) in [7, 11) is 0. The number of ketones is 1. The summed E-state index contributed by atoms with van der Waals surface area (Å²) in [6.45, 7) is 7.16. The smallest absolute Gasteiger partial charge is 0.228 e. The summed E-state index contributed by atoms with van der Waals surface area (Å²) in [5.74, 6) is 1.29. The summed E-state index contributed by atoms with van der Waals surface area (Å²) in [6, 6.07) is 8.06. The molecule has 4 rings (SSSR count). The Morgan fingerprint density at radius 3 is 2.79 bits per heavy atom. The first-order chi connectivity index (χ1) is 16.1. The summed E-state index contributed by atoms with van der Waals surface area (Å²) in [5.41, 5.74) is 3.27. The van der Waals surface area contributed by atoms with E-state index in [1.807, 2.05) is 30.6 Å². The van der Waals surface area contributed by atoms with Crippen LogP contribution in [0.1, 0.15) is 39.2 Å². The fourth-order valence-electron chi connectivity index (χ4n) is 3.82. The van der Waals surface area contributed by atoms with Crippen LogP contribution in [0.3, 0.4) is 0 Å². The van der Waals surface area contributed by atoms with Crippen molar-refractivity contribution < 1.29 is 19.4 Å². The predicted molar refractivity (Wildman–Crippen MR) is 126 cm³/mol. The van der Waals surface area contributed by atoms with Gasteiger partial charge in [0.15, 0.2) is 11.4 Å². The average molecular weight is 454 g/mol. The number of carbonyl (C=O) groups is 1. The quantitative estimate of drug-likeness (QED) is 0.468. The molecule has 0 atom stereocenters. The fraction of sp³-hybridized carbons (Fsp3) is 0.500. The van der Waals surface area contributed by atoms with E-state index in [0.717, 1.165) is 47.7 Å². The normalized spacial score (nSPS) is 14.2. The van der Waals surface area contributed by atoms with Crippen LogP contribution in [0.25, 0.3) is 22.4 Å². The molecular formula is C24H31N5O4. The lowest BCUT2D eigenvalue weighted by atomic mass is 10.1. The van der Waals surface area contributed by atoms with E-state index in [2.05, 4.69) is 28.3 Å². The SMILES string of the molecule is CC(C)n1cnc2c(-c3cccc(OCCCCC(=O)CO)c3)nc(N3CCOCC3)nc21. The maximum Gasteiger partial charge on any atom is 0.228 e. The predicted octanol–water partition coefficient (Wildman–Crippen LogP) is 3.02. The van der Waals surface area contributed by atoms with Gasteiger partial charge in [0, 0.05) is 31.1 Å². The number of ether oxygens (including phenoxy) is 2. The summed E-state index contributed by atoms with van der Waals surface area (Å²) in [4.78, 5) is 27.8. The van der Waals surface area contributed by atoms with Crippen LogP contribution in [0.4, 0.5) is 5.95 Å². The number of hydrogen-bond donors (Lipinski definition) is 1. The van der Waals surface area contributed by atoms with E-state index in [0.29, 0.717) is 38.6 Å². The van der Waals surface area contributed by atoms with E-state index in [9.17, 15) is 4.79 Å². The summed E-state index contributed by atoms with van der Waals surface area (Å²) in [6.07, 6.45) is 3.64. The third-order valence-corrected chi connectivity index (χ3v) is 5.66. The Balaban J connectivity index is 1.60. The van der Waals surface area contributed by atoms with Crippen molar-refractivity contribution in [1.82, 2.24) is 19.5 Å². The van der Waals surface area contributed by atoms with Crippen LogP contribution in [0, 0.1) is 0 Å². The van der Waals surface area contributed by atoms with Gasteiger partial charge in [-0.2, -0.15) is 4.98 Å². The molecule has 0 bridgehead atoms. The molecule has 1 N–H and O–H groups in total. The van der Waals surface area contributed by atoms with E-state index < -0.39 is 6.61 Å². The van der Waals surface area contributed by atoms with Crippen molar-refractivity contribution in [2.24, 2.45) is 0 Å². The standard InChI is InChI=1S/C24H31N5O4/c1-17(2)29-16-25-22-21(26-24(27-23(22)29)28-9-12-32-13-10-28)18-6-5-8-20(14-18)33-11-4-3-7-19(31)15-30/h5-6,8,14,16-17,30H,3-4,7,9-13,15H2,1-2H3. The second-order valence-electron chi connectivity index (χ2n) is 8.42. The Labute approximate surface area is 193 Å². The zero-order valence-electron chi connectivity index (χ0n) is 19.2. The molecule has 0 aliphatic carbocycles. The molecular weight excluding hydrogens is 422 g/mol. The van der Waals surface area contributed by atoms with Crippen LogP contribution >= 0.6 is 0 Å². The molecule has 1 fully saturated rings. The topological polar surface area (TPSA) is 103 Å². The molecule has 0 radical (unpaired) electrons. The minimum absolute atomic E-state index is 0.137. The fourth-order valence-corrected chi connectivity index (χ4v) is 3.82. The number of carbonyl (C=O) groups excluding carboxylic acids is 1. The molecule has 9 heteroatoms. The summed E-state index contributed by atoms with van der Waals surface area (Å²) >= 11 is 0. The summed E-state index contributed by atoms with van der Waals surface area (Å²) in [5, 5.41) is 8.81.